The summed E-state index contributed by atoms with van der Waals surface area (Å²) in [6, 6.07) is 3.79. The molecule has 1 aromatic carbocycles. The van der Waals surface area contributed by atoms with Crippen LogP contribution in [-0.4, -0.2) is 42.1 Å². The fourth-order valence-corrected chi connectivity index (χ4v) is 2.79. The summed E-state index contributed by atoms with van der Waals surface area (Å²) in [5, 5.41) is 9.15. The van der Waals surface area contributed by atoms with Gasteiger partial charge in [0.25, 0.3) is 0 Å². The number of carbonyl (C=O) groups is 1. The van der Waals surface area contributed by atoms with Gasteiger partial charge in [0.1, 0.15) is 16.7 Å². The monoisotopic (exact) mass is 375 g/mol. The molecule has 1 aliphatic heterocycles. The zero-order valence-electron chi connectivity index (χ0n) is 16.0. The van der Waals surface area contributed by atoms with Crippen LogP contribution in [0, 0.1) is 0 Å². The Kier molecular flexibility index (Phi) is 5.13. The fraction of sp³-hybridized carbons (Fsp3) is 0.444. The lowest BCUT2D eigenvalue weighted by Gasteiger charge is -2.19. The number of hydrazine groups is 1. The Hall–Kier alpha value is -2.94. The number of amides is 1. The third kappa shape index (κ3) is 4.62. The lowest BCUT2D eigenvalue weighted by Crippen LogP contribution is -2.34. The maximum absolute atomic E-state index is 11.7. The molecule has 2 aromatic rings. The van der Waals surface area contributed by atoms with Crippen molar-refractivity contribution in [1.82, 2.24) is 20.9 Å². The van der Waals surface area contributed by atoms with E-state index in [4.69, 9.17) is 19.7 Å². The molecule has 146 valence electrons. The molecule has 0 radical (unpaired) electrons. The van der Waals surface area contributed by atoms with E-state index in [1.807, 2.05) is 44.1 Å². The summed E-state index contributed by atoms with van der Waals surface area (Å²) >= 11 is 0. The van der Waals surface area contributed by atoms with Gasteiger partial charge in [0.05, 0.1) is 13.7 Å². The van der Waals surface area contributed by atoms with E-state index in [2.05, 4.69) is 15.9 Å². The van der Waals surface area contributed by atoms with Gasteiger partial charge in [-0.2, -0.15) is 0 Å². The molecule has 3 rings (SSSR count). The van der Waals surface area contributed by atoms with Crippen molar-refractivity contribution in [2.45, 2.75) is 32.9 Å². The molecule has 0 aliphatic carbocycles. The van der Waals surface area contributed by atoms with Gasteiger partial charge < -0.3 is 30.1 Å². The van der Waals surface area contributed by atoms with Crippen LogP contribution < -0.4 is 21.2 Å². The molecule has 0 bridgehead atoms. The number of ether oxygens (including phenoxy) is 2. The minimum atomic E-state index is -0.514. The van der Waals surface area contributed by atoms with Crippen molar-refractivity contribution >= 4 is 22.9 Å². The number of methoxy groups -OCH3 is 1. The van der Waals surface area contributed by atoms with Crippen LogP contribution in [0.2, 0.25) is 0 Å². The third-order valence-electron chi connectivity index (χ3n) is 3.90. The van der Waals surface area contributed by atoms with Gasteiger partial charge in [0.15, 0.2) is 11.4 Å². The molecule has 0 unspecified atom stereocenters. The van der Waals surface area contributed by atoms with Crippen molar-refractivity contribution in [2.24, 2.45) is 0 Å². The van der Waals surface area contributed by atoms with Gasteiger partial charge in [-0.25, -0.2) is 10.2 Å². The molecule has 9 heteroatoms. The number of nitrogens with one attached hydrogen (secondary N) is 2. The van der Waals surface area contributed by atoms with Crippen molar-refractivity contribution in [1.29, 1.82) is 0 Å². The first-order chi connectivity index (χ1) is 12.7. The first kappa shape index (κ1) is 18.8. The van der Waals surface area contributed by atoms with Gasteiger partial charge in [-0.3, -0.25) is 0 Å². The Labute approximate surface area is 157 Å². The largest absolute Gasteiger partial charge is 0.496 e. The van der Waals surface area contributed by atoms with Gasteiger partial charge in [0, 0.05) is 19.3 Å². The maximum atomic E-state index is 11.7. The number of aromatic nitrogens is 1. The molecular formula is C18H25N5O4. The van der Waals surface area contributed by atoms with Crippen molar-refractivity contribution in [3.8, 4) is 5.75 Å². The van der Waals surface area contributed by atoms with E-state index in [0.29, 0.717) is 42.2 Å². The molecule has 1 amide bonds. The normalized spacial score (nSPS) is 14.4. The van der Waals surface area contributed by atoms with E-state index >= 15 is 0 Å². The summed E-state index contributed by atoms with van der Waals surface area (Å²) < 4.78 is 15.9. The number of benzene rings is 1. The van der Waals surface area contributed by atoms with Crippen LogP contribution in [0.25, 0.3) is 11.0 Å². The Bertz CT molecular complexity index is 868. The van der Waals surface area contributed by atoms with Crippen LogP contribution in [0.1, 0.15) is 26.3 Å². The first-order valence-corrected chi connectivity index (χ1v) is 8.63. The summed E-state index contributed by atoms with van der Waals surface area (Å²) in [5.41, 5.74) is 11.2. The van der Waals surface area contributed by atoms with E-state index < -0.39 is 11.7 Å². The summed E-state index contributed by atoms with van der Waals surface area (Å²) in [6.45, 7) is 7.14. The molecular weight excluding hydrogens is 350 g/mol. The van der Waals surface area contributed by atoms with Gasteiger partial charge in [-0.1, -0.05) is 5.16 Å². The van der Waals surface area contributed by atoms with Crippen LogP contribution >= 0.6 is 0 Å². The molecule has 0 saturated carbocycles. The molecule has 1 aliphatic rings. The van der Waals surface area contributed by atoms with Crippen molar-refractivity contribution < 1.29 is 18.8 Å². The first-order valence-electron chi connectivity index (χ1n) is 8.63. The van der Waals surface area contributed by atoms with Gasteiger partial charge in [0.2, 0.25) is 0 Å². The molecule has 2 heterocycles. The summed E-state index contributed by atoms with van der Waals surface area (Å²) in [4.78, 5) is 11.7. The number of rotatable bonds is 5. The Morgan fingerprint density at radius 1 is 1.44 bits per heavy atom. The number of alkyl carbamates (subject to hydrolysis) is 1. The second kappa shape index (κ2) is 7.36. The molecule has 0 atom stereocenters. The smallest absolute Gasteiger partial charge is 0.407 e. The predicted molar refractivity (Wildman–Crippen MR) is 101 cm³/mol. The second-order valence-corrected chi connectivity index (χ2v) is 7.34. The molecule has 0 spiro atoms. The summed E-state index contributed by atoms with van der Waals surface area (Å²) in [7, 11) is 1.58. The third-order valence-corrected chi connectivity index (χ3v) is 3.90. The minimum absolute atomic E-state index is 0.308. The van der Waals surface area contributed by atoms with Crippen LogP contribution in [0.3, 0.4) is 0 Å². The fourth-order valence-electron chi connectivity index (χ4n) is 2.79. The van der Waals surface area contributed by atoms with Crippen LogP contribution in [-0.2, 0) is 11.3 Å². The standard InChI is InChI=1S/C18H25N5O4/c1-18(2,3)26-17(24)20-7-12-8-21-23(10-12)9-11-5-13(25-4)15-14(6-11)27-22-16(15)19/h5-6,10,21H,7-9H2,1-4H3,(H2,19,22)(H,20,24). The van der Waals surface area contributed by atoms with Crippen molar-refractivity contribution in [2.75, 3.05) is 25.9 Å². The quantitative estimate of drug-likeness (QED) is 0.728. The van der Waals surface area contributed by atoms with E-state index in [1.54, 1.807) is 7.11 Å². The summed E-state index contributed by atoms with van der Waals surface area (Å²) in [6.07, 6.45) is 1.53. The SMILES string of the molecule is COc1cc(CN2C=C(CNC(=O)OC(C)(C)C)CN2)cc2onc(N)c12. The minimum Gasteiger partial charge on any atom is -0.496 e. The number of nitrogens with zero attached hydrogens (tertiary/aromatic N) is 2. The van der Waals surface area contributed by atoms with Crippen molar-refractivity contribution in [3.05, 3.63) is 29.5 Å². The highest BCUT2D eigenvalue weighted by molar-refractivity contribution is 5.93. The molecule has 4 N–H and O–H groups in total. The van der Waals surface area contributed by atoms with E-state index in [1.165, 1.54) is 0 Å². The topological polar surface area (TPSA) is 115 Å². The Morgan fingerprint density at radius 2 is 2.22 bits per heavy atom. The number of nitrogens with two attached hydrogens (primary N) is 1. The zero-order valence-corrected chi connectivity index (χ0v) is 16.0. The lowest BCUT2D eigenvalue weighted by molar-refractivity contribution is 0.0532. The Balaban J connectivity index is 1.62. The molecule has 0 saturated heterocycles. The number of fused-ring (bicyclic) bond motifs is 1. The summed E-state index contributed by atoms with van der Waals surface area (Å²) in [5.74, 6) is 0.930. The van der Waals surface area contributed by atoms with Crippen LogP contribution in [0.4, 0.5) is 10.6 Å². The average Bonchev–Trinajstić information content (AvgIpc) is 3.18. The van der Waals surface area contributed by atoms with E-state index in [0.717, 1.165) is 11.1 Å². The van der Waals surface area contributed by atoms with Gasteiger partial charge >= 0.3 is 6.09 Å². The molecule has 0 fully saturated rings. The van der Waals surface area contributed by atoms with Crippen LogP contribution in [0.5, 0.6) is 5.75 Å². The number of anilines is 1. The number of hydrogen-bond donors (Lipinski definition) is 3. The Morgan fingerprint density at radius 3 is 2.93 bits per heavy atom. The van der Waals surface area contributed by atoms with Crippen molar-refractivity contribution in [3.63, 3.8) is 0 Å². The van der Waals surface area contributed by atoms with Gasteiger partial charge in [-0.05, 0) is 44.0 Å². The number of hydrogen-bond acceptors (Lipinski definition) is 8. The number of nitrogen functional groups attached to an aromatic ring is 1. The van der Waals surface area contributed by atoms with E-state index in [9.17, 15) is 4.79 Å². The van der Waals surface area contributed by atoms with E-state index in [-0.39, 0.29) is 0 Å². The zero-order chi connectivity index (χ0) is 19.6. The highest BCUT2D eigenvalue weighted by Gasteiger charge is 2.19. The highest BCUT2D eigenvalue weighted by Crippen LogP contribution is 2.32. The highest BCUT2D eigenvalue weighted by atomic mass is 16.6. The average molecular weight is 375 g/mol. The molecule has 27 heavy (non-hydrogen) atoms. The second-order valence-electron chi connectivity index (χ2n) is 7.34. The van der Waals surface area contributed by atoms with Crippen LogP contribution in [0.15, 0.2) is 28.4 Å². The molecule has 9 nitrogen and oxygen atoms in total. The predicted octanol–water partition coefficient (Wildman–Crippen LogP) is 2.15. The molecule has 1 aromatic heterocycles. The lowest BCUT2D eigenvalue weighted by atomic mass is 10.1. The van der Waals surface area contributed by atoms with Gasteiger partial charge in [-0.15, -0.1) is 0 Å². The number of carbonyl (C=O) groups excluding carboxylic acids is 1. The maximum Gasteiger partial charge on any atom is 0.407 e.